The summed E-state index contributed by atoms with van der Waals surface area (Å²) in [6.07, 6.45) is 1.09. The number of likely N-dealkylation sites (N-methyl/N-ethyl adjacent to an activating group) is 1. The van der Waals surface area contributed by atoms with Crippen LogP contribution in [0.1, 0.15) is 24.9 Å². The highest BCUT2D eigenvalue weighted by Crippen LogP contribution is 2.29. The van der Waals surface area contributed by atoms with Gasteiger partial charge in [0, 0.05) is 25.7 Å². The second-order valence-corrected chi connectivity index (χ2v) is 6.06. The number of benzene rings is 1. The van der Waals surface area contributed by atoms with Crippen LogP contribution in [-0.2, 0) is 0 Å². The Morgan fingerprint density at radius 2 is 2.10 bits per heavy atom. The number of rotatable bonds is 3. The smallest absolute Gasteiger partial charge is 0.124 e. The summed E-state index contributed by atoms with van der Waals surface area (Å²) in [5.41, 5.74) is 0.918. The van der Waals surface area contributed by atoms with E-state index in [4.69, 9.17) is 23.2 Å². The largest absolute Gasteiger partial charge is 0.301 e. The zero-order valence-corrected chi connectivity index (χ0v) is 13.3. The van der Waals surface area contributed by atoms with Gasteiger partial charge in [0.15, 0.2) is 0 Å². The fourth-order valence-corrected chi connectivity index (χ4v) is 3.00. The first-order chi connectivity index (χ1) is 9.56. The average molecular weight is 312 g/mol. The maximum absolute atomic E-state index is 9.54. The first-order valence-corrected chi connectivity index (χ1v) is 7.61. The Kier molecular flexibility index (Phi) is 5.29. The van der Waals surface area contributed by atoms with Crippen molar-refractivity contribution in [3.8, 4) is 6.07 Å². The third-order valence-corrected chi connectivity index (χ3v) is 4.77. The van der Waals surface area contributed by atoms with Gasteiger partial charge in [-0.05, 0) is 31.2 Å². The average Bonchev–Trinajstić information content (AvgIpc) is 2.45. The van der Waals surface area contributed by atoms with Crippen LogP contribution < -0.4 is 0 Å². The summed E-state index contributed by atoms with van der Waals surface area (Å²) in [6.45, 7) is 4.97. The molecule has 1 aliphatic rings. The minimum atomic E-state index is -0.257. The van der Waals surface area contributed by atoms with Crippen molar-refractivity contribution < 1.29 is 0 Å². The highest BCUT2D eigenvalue weighted by Gasteiger charge is 2.29. The normalized spacial score (nSPS) is 22.4. The van der Waals surface area contributed by atoms with Crippen molar-refractivity contribution in [2.24, 2.45) is 0 Å². The highest BCUT2D eigenvalue weighted by atomic mass is 35.5. The Hall–Kier alpha value is -0.790. The van der Waals surface area contributed by atoms with E-state index in [1.165, 1.54) is 0 Å². The van der Waals surface area contributed by atoms with E-state index >= 15 is 0 Å². The van der Waals surface area contributed by atoms with E-state index in [9.17, 15) is 5.26 Å². The molecule has 2 atom stereocenters. The molecular weight excluding hydrogens is 293 g/mol. The van der Waals surface area contributed by atoms with Crippen LogP contribution in [0.2, 0.25) is 10.0 Å². The van der Waals surface area contributed by atoms with Gasteiger partial charge in [-0.25, -0.2) is 0 Å². The van der Waals surface area contributed by atoms with Gasteiger partial charge < -0.3 is 4.90 Å². The third kappa shape index (κ3) is 3.27. The van der Waals surface area contributed by atoms with Crippen molar-refractivity contribution in [1.82, 2.24) is 9.80 Å². The van der Waals surface area contributed by atoms with Crippen molar-refractivity contribution in [2.45, 2.75) is 25.4 Å². The molecule has 0 aliphatic carbocycles. The Morgan fingerprint density at radius 3 is 2.70 bits per heavy atom. The van der Waals surface area contributed by atoms with Crippen molar-refractivity contribution in [3.63, 3.8) is 0 Å². The van der Waals surface area contributed by atoms with Gasteiger partial charge in [-0.1, -0.05) is 36.2 Å². The van der Waals surface area contributed by atoms with E-state index < -0.39 is 0 Å². The minimum absolute atomic E-state index is 0.257. The van der Waals surface area contributed by atoms with E-state index in [0.29, 0.717) is 16.1 Å². The molecule has 0 spiro atoms. The Labute approximate surface area is 130 Å². The summed E-state index contributed by atoms with van der Waals surface area (Å²) < 4.78 is 0. The molecule has 2 unspecified atom stereocenters. The Bertz CT molecular complexity index is 512. The van der Waals surface area contributed by atoms with Gasteiger partial charge in [-0.15, -0.1) is 0 Å². The molecule has 1 aliphatic heterocycles. The number of nitriles is 1. The molecule has 1 aromatic carbocycles. The second kappa shape index (κ2) is 6.78. The monoisotopic (exact) mass is 311 g/mol. The fraction of sp³-hybridized carbons (Fsp3) is 0.533. The highest BCUT2D eigenvalue weighted by molar-refractivity contribution is 6.42. The first-order valence-electron chi connectivity index (χ1n) is 6.85. The van der Waals surface area contributed by atoms with Gasteiger partial charge in [0.05, 0.1) is 16.1 Å². The summed E-state index contributed by atoms with van der Waals surface area (Å²) in [4.78, 5) is 4.59. The van der Waals surface area contributed by atoms with E-state index in [1.54, 1.807) is 12.1 Å². The summed E-state index contributed by atoms with van der Waals surface area (Å²) in [5, 5.41) is 10.6. The van der Waals surface area contributed by atoms with Crippen LogP contribution in [-0.4, -0.2) is 42.5 Å². The van der Waals surface area contributed by atoms with E-state index in [1.807, 2.05) is 6.07 Å². The van der Waals surface area contributed by atoms with E-state index in [-0.39, 0.29) is 6.04 Å². The summed E-state index contributed by atoms with van der Waals surface area (Å²) in [7, 11) is 2.14. The lowest BCUT2D eigenvalue weighted by atomic mass is 10.0. The standard InChI is InChI=1S/C15H19Cl2N3/c1-3-12-10-20(7-6-19(12)2)15(9-18)11-4-5-13(16)14(17)8-11/h4-5,8,12,15H,3,6-7,10H2,1-2H3. The van der Waals surface area contributed by atoms with Gasteiger partial charge in [0.2, 0.25) is 0 Å². The lowest BCUT2D eigenvalue weighted by molar-refractivity contribution is 0.0773. The predicted molar refractivity (Wildman–Crippen MR) is 83.1 cm³/mol. The SMILES string of the molecule is CCC1CN(C(C#N)c2ccc(Cl)c(Cl)c2)CCN1C. The number of hydrogen-bond acceptors (Lipinski definition) is 3. The Balaban J connectivity index is 2.20. The van der Waals surface area contributed by atoms with Gasteiger partial charge >= 0.3 is 0 Å². The van der Waals surface area contributed by atoms with Gasteiger partial charge in [-0.3, -0.25) is 4.90 Å². The van der Waals surface area contributed by atoms with Crippen LogP contribution in [0.5, 0.6) is 0 Å². The van der Waals surface area contributed by atoms with Crippen LogP contribution in [0.3, 0.4) is 0 Å². The van der Waals surface area contributed by atoms with Crippen molar-refractivity contribution in [3.05, 3.63) is 33.8 Å². The summed E-state index contributed by atoms with van der Waals surface area (Å²) in [5.74, 6) is 0. The van der Waals surface area contributed by atoms with Gasteiger partial charge in [0.25, 0.3) is 0 Å². The fourth-order valence-electron chi connectivity index (χ4n) is 2.69. The lowest BCUT2D eigenvalue weighted by Crippen LogP contribution is -2.51. The number of piperazine rings is 1. The molecule has 5 heteroatoms. The number of hydrogen-bond donors (Lipinski definition) is 0. The predicted octanol–water partition coefficient (Wildman–Crippen LogP) is 3.58. The van der Waals surface area contributed by atoms with Gasteiger partial charge in [-0.2, -0.15) is 5.26 Å². The molecule has 2 rings (SSSR count). The minimum Gasteiger partial charge on any atom is -0.301 e. The third-order valence-electron chi connectivity index (χ3n) is 4.03. The maximum atomic E-state index is 9.54. The van der Waals surface area contributed by atoms with Gasteiger partial charge in [0.1, 0.15) is 6.04 Å². The Morgan fingerprint density at radius 1 is 1.35 bits per heavy atom. The van der Waals surface area contributed by atoms with E-state index in [2.05, 4.69) is 29.8 Å². The summed E-state index contributed by atoms with van der Waals surface area (Å²) >= 11 is 12.0. The quantitative estimate of drug-likeness (QED) is 0.854. The number of halogens is 2. The molecule has 0 aromatic heterocycles. The molecule has 1 fully saturated rings. The molecule has 0 bridgehead atoms. The first kappa shape index (κ1) is 15.6. The second-order valence-electron chi connectivity index (χ2n) is 5.24. The van der Waals surface area contributed by atoms with Crippen LogP contribution in [0.25, 0.3) is 0 Å². The van der Waals surface area contributed by atoms with Crippen molar-refractivity contribution in [1.29, 1.82) is 5.26 Å². The van der Waals surface area contributed by atoms with Crippen LogP contribution in [0.4, 0.5) is 0 Å². The van der Waals surface area contributed by atoms with Crippen LogP contribution >= 0.6 is 23.2 Å². The molecule has 3 nitrogen and oxygen atoms in total. The zero-order chi connectivity index (χ0) is 14.7. The summed E-state index contributed by atoms with van der Waals surface area (Å²) in [6, 6.07) is 8.10. The molecule has 0 radical (unpaired) electrons. The molecular formula is C15H19Cl2N3. The molecule has 20 heavy (non-hydrogen) atoms. The molecule has 0 N–H and O–H groups in total. The molecule has 0 amide bonds. The van der Waals surface area contributed by atoms with Crippen LogP contribution in [0.15, 0.2) is 18.2 Å². The molecule has 1 heterocycles. The lowest BCUT2D eigenvalue weighted by Gasteiger charge is -2.41. The molecule has 108 valence electrons. The molecule has 1 saturated heterocycles. The van der Waals surface area contributed by atoms with Crippen molar-refractivity contribution in [2.75, 3.05) is 26.7 Å². The number of nitrogens with zero attached hydrogens (tertiary/aromatic N) is 3. The topological polar surface area (TPSA) is 30.3 Å². The molecule has 1 aromatic rings. The zero-order valence-electron chi connectivity index (χ0n) is 11.8. The maximum Gasteiger partial charge on any atom is 0.124 e. The molecule has 0 saturated carbocycles. The van der Waals surface area contributed by atoms with Crippen molar-refractivity contribution >= 4 is 23.2 Å². The van der Waals surface area contributed by atoms with Crippen LogP contribution in [0, 0.1) is 11.3 Å². The van der Waals surface area contributed by atoms with E-state index in [0.717, 1.165) is 31.6 Å².